The number of hydrogen-bond acceptors (Lipinski definition) is 4. The lowest BCUT2D eigenvalue weighted by Gasteiger charge is -2.17. The maximum Gasteiger partial charge on any atom is 0.235 e. The van der Waals surface area contributed by atoms with E-state index in [1.54, 1.807) is 0 Å². The van der Waals surface area contributed by atoms with E-state index < -0.39 is 11.6 Å². The first-order valence-corrected chi connectivity index (χ1v) is 9.70. The quantitative estimate of drug-likeness (QED) is 0.781. The van der Waals surface area contributed by atoms with E-state index in [0.717, 1.165) is 48.7 Å². The van der Waals surface area contributed by atoms with Gasteiger partial charge in [0.1, 0.15) is 22.7 Å². The lowest BCUT2D eigenvalue weighted by atomic mass is 9.89. The summed E-state index contributed by atoms with van der Waals surface area (Å²) in [6.07, 6.45) is 2.84. The molecule has 1 N–H and O–H groups in total. The van der Waals surface area contributed by atoms with E-state index in [-0.39, 0.29) is 16.6 Å². The van der Waals surface area contributed by atoms with Gasteiger partial charge in [0.25, 0.3) is 0 Å². The Morgan fingerprint density at radius 1 is 1.48 bits per heavy atom. The number of hydrogen-bond donors (Lipinski definition) is 1. The molecule has 0 bridgehead atoms. The molecular formula is C18H16F2N2OS2. The first-order chi connectivity index (χ1) is 12.0. The van der Waals surface area contributed by atoms with E-state index in [4.69, 9.17) is 0 Å². The van der Waals surface area contributed by atoms with Gasteiger partial charge in [-0.3, -0.25) is 4.79 Å². The second-order valence-corrected chi connectivity index (χ2v) is 8.20. The van der Waals surface area contributed by atoms with Gasteiger partial charge < -0.3 is 5.32 Å². The summed E-state index contributed by atoms with van der Waals surface area (Å²) in [5.41, 5.74) is 1.61. The largest absolute Gasteiger partial charge is 0.316 e. The molecular weight excluding hydrogens is 362 g/mol. The van der Waals surface area contributed by atoms with Crippen LogP contribution in [0.5, 0.6) is 0 Å². The predicted molar refractivity (Wildman–Crippen MR) is 95.9 cm³/mol. The van der Waals surface area contributed by atoms with Crippen LogP contribution in [0.15, 0.2) is 23.1 Å². The number of nitrogens with one attached hydrogen (secondary N) is 1. The van der Waals surface area contributed by atoms with Gasteiger partial charge in [0.15, 0.2) is 0 Å². The summed E-state index contributed by atoms with van der Waals surface area (Å²) in [4.78, 5) is 13.6. The van der Waals surface area contributed by atoms with Gasteiger partial charge in [0.2, 0.25) is 5.91 Å². The Balaban J connectivity index is 1.68. The normalized spacial score (nSPS) is 16.2. The van der Waals surface area contributed by atoms with Crippen molar-refractivity contribution in [1.29, 1.82) is 5.26 Å². The molecule has 1 aliphatic carbocycles. The smallest absolute Gasteiger partial charge is 0.235 e. The highest BCUT2D eigenvalue weighted by Gasteiger charge is 2.24. The molecule has 1 atom stereocenters. The number of carbonyl (C=O) groups excluding carboxylic acids is 1. The first kappa shape index (κ1) is 17.9. The van der Waals surface area contributed by atoms with Gasteiger partial charge in [-0.05, 0) is 42.9 Å². The van der Waals surface area contributed by atoms with Crippen molar-refractivity contribution in [3.05, 3.63) is 45.8 Å². The highest BCUT2D eigenvalue weighted by atomic mass is 32.2. The Hall–Kier alpha value is -1.91. The number of amides is 1. The zero-order valence-corrected chi connectivity index (χ0v) is 15.2. The van der Waals surface area contributed by atoms with E-state index in [0.29, 0.717) is 16.5 Å². The fraction of sp³-hybridized carbons (Fsp3) is 0.333. The van der Waals surface area contributed by atoms with Crippen molar-refractivity contribution in [2.75, 3.05) is 11.1 Å². The van der Waals surface area contributed by atoms with Crippen LogP contribution in [0.2, 0.25) is 0 Å². The second kappa shape index (κ2) is 7.54. The minimum Gasteiger partial charge on any atom is -0.316 e. The molecule has 3 rings (SSSR count). The van der Waals surface area contributed by atoms with E-state index in [2.05, 4.69) is 18.3 Å². The fourth-order valence-electron chi connectivity index (χ4n) is 2.86. The molecule has 0 aliphatic heterocycles. The Morgan fingerprint density at radius 2 is 2.28 bits per heavy atom. The van der Waals surface area contributed by atoms with E-state index in [1.165, 1.54) is 22.3 Å². The maximum absolute atomic E-state index is 13.6. The van der Waals surface area contributed by atoms with Gasteiger partial charge in [0.05, 0.1) is 11.3 Å². The van der Waals surface area contributed by atoms with Crippen molar-refractivity contribution >= 4 is 34.0 Å². The van der Waals surface area contributed by atoms with Gasteiger partial charge in [-0.1, -0.05) is 6.92 Å². The SMILES string of the molecule is C[C@@H]1CCc2c(sc(NC(=O)CSc3ccc(F)cc3F)c2C#N)C1. The zero-order chi connectivity index (χ0) is 18.0. The average molecular weight is 378 g/mol. The van der Waals surface area contributed by atoms with E-state index in [9.17, 15) is 18.8 Å². The van der Waals surface area contributed by atoms with Crippen molar-refractivity contribution in [1.82, 2.24) is 0 Å². The molecule has 2 aromatic rings. The Morgan fingerprint density at radius 3 is 3.00 bits per heavy atom. The number of halogens is 2. The number of rotatable bonds is 4. The Bertz CT molecular complexity index is 857. The van der Waals surface area contributed by atoms with Crippen LogP contribution in [-0.2, 0) is 17.6 Å². The van der Waals surface area contributed by atoms with Crippen molar-refractivity contribution in [3.8, 4) is 6.07 Å². The van der Waals surface area contributed by atoms with Crippen molar-refractivity contribution in [3.63, 3.8) is 0 Å². The number of anilines is 1. The molecule has 1 amide bonds. The van der Waals surface area contributed by atoms with Crippen LogP contribution < -0.4 is 5.32 Å². The summed E-state index contributed by atoms with van der Waals surface area (Å²) in [6, 6.07) is 5.47. The summed E-state index contributed by atoms with van der Waals surface area (Å²) < 4.78 is 26.5. The molecule has 1 aliphatic rings. The summed E-state index contributed by atoms with van der Waals surface area (Å²) in [5.74, 6) is -1.07. The lowest BCUT2D eigenvalue weighted by Crippen LogP contribution is -2.14. The molecule has 0 saturated heterocycles. The molecule has 130 valence electrons. The minimum absolute atomic E-state index is 0.00755. The maximum atomic E-state index is 13.6. The van der Waals surface area contributed by atoms with E-state index in [1.807, 2.05) is 0 Å². The topological polar surface area (TPSA) is 52.9 Å². The van der Waals surface area contributed by atoms with Gasteiger partial charge in [-0.2, -0.15) is 5.26 Å². The summed E-state index contributed by atoms with van der Waals surface area (Å²) in [6.45, 7) is 2.18. The third-order valence-electron chi connectivity index (χ3n) is 4.13. The highest BCUT2D eigenvalue weighted by Crippen LogP contribution is 2.39. The van der Waals surface area contributed by atoms with Crippen molar-refractivity contribution in [2.24, 2.45) is 5.92 Å². The third kappa shape index (κ3) is 4.02. The molecule has 0 unspecified atom stereocenters. The fourth-order valence-corrected chi connectivity index (χ4v) is 4.95. The van der Waals surface area contributed by atoms with Crippen LogP contribution in [0.1, 0.15) is 29.3 Å². The van der Waals surface area contributed by atoms with Crippen molar-refractivity contribution in [2.45, 2.75) is 31.1 Å². The molecule has 1 aromatic heterocycles. The standard InChI is InChI=1S/C18H16F2N2OS2/c1-10-2-4-12-13(8-21)18(25-16(12)6-10)22-17(23)9-24-15-5-3-11(19)7-14(15)20/h3,5,7,10H,2,4,6,9H2,1H3,(H,22,23)/t10-/m1/s1. The number of thiophene rings is 1. The monoisotopic (exact) mass is 378 g/mol. The molecule has 0 radical (unpaired) electrons. The third-order valence-corrected chi connectivity index (χ3v) is 6.35. The Kier molecular flexibility index (Phi) is 5.40. The predicted octanol–water partition coefficient (Wildman–Crippen LogP) is 4.75. The second-order valence-electron chi connectivity index (χ2n) is 6.08. The van der Waals surface area contributed by atoms with Gasteiger partial charge in [-0.15, -0.1) is 23.1 Å². The minimum atomic E-state index is -0.684. The van der Waals surface area contributed by atoms with Crippen LogP contribution >= 0.6 is 23.1 Å². The molecule has 0 fully saturated rings. The van der Waals surface area contributed by atoms with Crippen molar-refractivity contribution < 1.29 is 13.6 Å². The Labute approximate surface area is 153 Å². The summed E-state index contributed by atoms with van der Waals surface area (Å²) in [7, 11) is 0. The first-order valence-electron chi connectivity index (χ1n) is 7.90. The molecule has 25 heavy (non-hydrogen) atoms. The zero-order valence-electron chi connectivity index (χ0n) is 13.6. The van der Waals surface area contributed by atoms with E-state index >= 15 is 0 Å². The van der Waals surface area contributed by atoms with Gasteiger partial charge in [-0.25, -0.2) is 8.78 Å². The molecule has 1 aromatic carbocycles. The number of carbonyl (C=O) groups is 1. The van der Waals surface area contributed by atoms with Crippen LogP contribution in [0.3, 0.4) is 0 Å². The number of fused-ring (bicyclic) bond motifs is 1. The average Bonchev–Trinajstić information content (AvgIpc) is 2.89. The van der Waals surface area contributed by atoms with Crippen LogP contribution in [-0.4, -0.2) is 11.7 Å². The lowest BCUT2D eigenvalue weighted by molar-refractivity contribution is -0.113. The number of nitriles is 1. The molecule has 0 spiro atoms. The molecule has 1 heterocycles. The summed E-state index contributed by atoms with van der Waals surface area (Å²) >= 11 is 2.46. The number of nitrogens with zero attached hydrogens (tertiary/aromatic N) is 1. The van der Waals surface area contributed by atoms with Crippen LogP contribution in [0.4, 0.5) is 13.8 Å². The van der Waals surface area contributed by atoms with Crippen LogP contribution in [0.25, 0.3) is 0 Å². The molecule has 7 heteroatoms. The molecule has 0 saturated carbocycles. The highest BCUT2D eigenvalue weighted by molar-refractivity contribution is 8.00. The number of benzene rings is 1. The van der Waals surface area contributed by atoms with Gasteiger partial charge in [0, 0.05) is 15.8 Å². The summed E-state index contributed by atoms with van der Waals surface area (Å²) in [5, 5.41) is 12.8. The van der Waals surface area contributed by atoms with Crippen LogP contribution in [0, 0.1) is 28.9 Å². The van der Waals surface area contributed by atoms with Gasteiger partial charge >= 0.3 is 0 Å². The molecule has 3 nitrogen and oxygen atoms in total. The number of thioether (sulfide) groups is 1.